The Hall–Kier alpha value is -2.43. The van der Waals surface area contributed by atoms with Gasteiger partial charge in [-0.1, -0.05) is 12.1 Å². The molecular formula is C16H14F2O3. The van der Waals surface area contributed by atoms with Crippen LogP contribution in [0.5, 0.6) is 5.75 Å². The van der Waals surface area contributed by atoms with Crippen molar-refractivity contribution >= 4 is 5.97 Å². The molecule has 110 valence electrons. The van der Waals surface area contributed by atoms with Crippen LogP contribution in [0.25, 0.3) is 11.1 Å². The van der Waals surface area contributed by atoms with Crippen LogP contribution in [-0.2, 0) is 11.2 Å². The summed E-state index contributed by atoms with van der Waals surface area (Å²) in [6.07, 6.45) is -0.405. The molecular weight excluding hydrogens is 278 g/mol. The van der Waals surface area contributed by atoms with E-state index in [-0.39, 0.29) is 24.2 Å². The molecule has 0 aliphatic rings. The van der Waals surface area contributed by atoms with E-state index in [1.807, 2.05) is 0 Å². The van der Waals surface area contributed by atoms with Gasteiger partial charge in [0.05, 0.1) is 0 Å². The number of halogens is 2. The second kappa shape index (κ2) is 5.91. The molecule has 0 saturated heterocycles. The lowest BCUT2D eigenvalue weighted by molar-refractivity contribution is -0.136. The standard InChI is InChI=1S/C16H14F2O3/c1-9-3-2-4-13(19)15(9)11-7-10(5-6-14(20)21)16(18)12(17)8-11/h2-4,7-8,19H,5-6H2,1H3,(H,20,21). The van der Waals surface area contributed by atoms with Crippen LogP contribution in [0.1, 0.15) is 17.5 Å². The molecule has 2 N–H and O–H groups in total. The number of aliphatic carboxylic acids is 1. The third kappa shape index (κ3) is 3.18. The zero-order valence-corrected chi connectivity index (χ0v) is 11.4. The number of carboxylic acids is 1. The molecule has 0 spiro atoms. The van der Waals surface area contributed by atoms with E-state index in [0.717, 1.165) is 6.07 Å². The second-order valence-corrected chi connectivity index (χ2v) is 4.79. The smallest absolute Gasteiger partial charge is 0.303 e. The minimum Gasteiger partial charge on any atom is -0.507 e. The first-order valence-electron chi connectivity index (χ1n) is 6.39. The number of rotatable bonds is 4. The molecule has 0 aromatic heterocycles. The van der Waals surface area contributed by atoms with Gasteiger partial charge < -0.3 is 10.2 Å². The highest BCUT2D eigenvalue weighted by Gasteiger charge is 2.15. The van der Waals surface area contributed by atoms with Crippen molar-refractivity contribution in [3.63, 3.8) is 0 Å². The lowest BCUT2D eigenvalue weighted by Gasteiger charge is -2.11. The summed E-state index contributed by atoms with van der Waals surface area (Å²) in [4.78, 5) is 10.6. The minimum atomic E-state index is -1.08. The first-order chi connectivity index (χ1) is 9.90. The molecule has 0 unspecified atom stereocenters. The van der Waals surface area contributed by atoms with Crippen LogP contribution >= 0.6 is 0 Å². The lowest BCUT2D eigenvalue weighted by Crippen LogP contribution is -2.02. The molecule has 0 radical (unpaired) electrons. The Kier molecular flexibility index (Phi) is 4.21. The zero-order valence-electron chi connectivity index (χ0n) is 11.4. The number of phenolic OH excluding ortho intramolecular Hbond substituents is 1. The van der Waals surface area contributed by atoms with E-state index in [4.69, 9.17) is 5.11 Å². The predicted octanol–water partition coefficient (Wildman–Crippen LogP) is 3.66. The Balaban J connectivity index is 2.53. The van der Waals surface area contributed by atoms with Crippen molar-refractivity contribution in [3.05, 3.63) is 53.1 Å². The van der Waals surface area contributed by atoms with Crippen LogP contribution < -0.4 is 0 Å². The van der Waals surface area contributed by atoms with Crippen molar-refractivity contribution in [2.45, 2.75) is 19.8 Å². The molecule has 5 heteroatoms. The summed E-state index contributed by atoms with van der Waals surface area (Å²) in [6, 6.07) is 7.23. The molecule has 0 aliphatic heterocycles. The average Bonchev–Trinajstić information content (AvgIpc) is 2.40. The van der Waals surface area contributed by atoms with Crippen LogP contribution in [0.15, 0.2) is 30.3 Å². The third-order valence-electron chi connectivity index (χ3n) is 3.25. The quantitative estimate of drug-likeness (QED) is 0.904. The molecule has 0 bridgehead atoms. The van der Waals surface area contributed by atoms with Crippen LogP contribution in [0.4, 0.5) is 8.78 Å². The van der Waals surface area contributed by atoms with Gasteiger partial charge in [-0.3, -0.25) is 4.79 Å². The van der Waals surface area contributed by atoms with Crippen molar-refractivity contribution in [3.8, 4) is 16.9 Å². The maximum atomic E-state index is 13.7. The van der Waals surface area contributed by atoms with Gasteiger partial charge in [0.2, 0.25) is 0 Å². The number of aryl methyl sites for hydroxylation is 2. The first kappa shape index (κ1) is 15.0. The van der Waals surface area contributed by atoms with E-state index in [0.29, 0.717) is 16.7 Å². The van der Waals surface area contributed by atoms with E-state index in [1.54, 1.807) is 19.1 Å². The fourth-order valence-electron chi connectivity index (χ4n) is 2.24. The van der Waals surface area contributed by atoms with Gasteiger partial charge in [-0.25, -0.2) is 8.78 Å². The summed E-state index contributed by atoms with van der Waals surface area (Å²) in [5.41, 5.74) is 1.43. The molecule has 2 aromatic carbocycles. The number of carboxylic acid groups (broad SMARTS) is 1. The number of hydrogen-bond acceptors (Lipinski definition) is 2. The van der Waals surface area contributed by atoms with Gasteiger partial charge in [0, 0.05) is 12.0 Å². The summed E-state index contributed by atoms with van der Waals surface area (Å²) in [5, 5.41) is 18.6. The van der Waals surface area contributed by atoms with E-state index in [1.165, 1.54) is 12.1 Å². The third-order valence-corrected chi connectivity index (χ3v) is 3.25. The topological polar surface area (TPSA) is 57.5 Å². The summed E-state index contributed by atoms with van der Waals surface area (Å²) in [6.45, 7) is 1.74. The van der Waals surface area contributed by atoms with Crippen LogP contribution in [0.2, 0.25) is 0 Å². The average molecular weight is 292 g/mol. The molecule has 2 rings (SSSR count). The summed E-state index contributed by atoms with van der Waals surface area (Å²) >= 11 is 0. The molecule has 0 atom stereocenters. The van der Waals surface area contributed by atoms with Gasteiger partial charge in [-0.05, 0) is 48.2 Å². The van der Waals surface area contributed by atoms with Crippen molar-refractivity contribution in [2.24, 2.45) is 0 Å². The Morgan fingerprint density at radius 1 is 1.24 bits per heavy atom. The molecule has 3 nitrogen and oxygen atoms in total. The predicted molar refractivity (Wildman–Crippen MR) is 74.2 cm³/mol. The summed E-state index contributed by atoms with van der Waals surface area (Å²) in [7, 11) is 0. The Bertz CT molecular complexity index is 676. The van der Waals surface area contributed by atoms with E-state index in [2.05, 4.69) is 0 Å². The summed E-state index contributed by atoms with van der Waals surface area (Å²) in [5.74, 6) is -3.23. The zero-order chi connectivity index (χ0) is 15.6. The highest BCUT2D eigenvalue weighted by Crippen LogP contribution is 2.34. The fraction of sp³-hybridized carbons (Fsp3) is 0.188. The minimum absolute atomic E-state index is 0.0185. The highest BCUT2D eigenvalue weighted by molar-refractivity contribution is 5.74. The van der Waals surface area contributed by atoms with Crippen LogP contribution in [0, 0.1) is 18.6 Å². The maximum Gasteiger partial charge on any atom is 0.303 e. The number of carbonyl (C=O) groups is 1. The molecule has 0 amide bonds. The van der Waals surface area contributed by atoms with Crippen LogP contribution in [0.3, 0.4) is 0 Å². The molecule has 0 saturated carbocycles. The lowest BCUT2D eigenvalue weighted by atomic mass is 9.96. The van der Waals surface area contributed by atoms with Gasteiger partial charge in [0.15, 0.2) is 11.6 Å². The second-order valence-electron chi connectivity index (χ2n) is 4.79. The molecule has 0 heterocycles. The SMILES string of the molecule is Cc1cccc(O)c1-c1cc(F)c(F)c(CCC(=O)O)c1. The monoisotopic (exact) mass is 292 g/mol. The van der Waals surface area contributed by atoms with Gasteiger partial charge in [-0.2, -0.15) is 0 Å². The first-order valence-corrected chi connectivity index (χ1v) is 6.39. The molecule has 0 aliphatic carbocycles. The van der Waals surface area contributed by atoms with Crippen molar-refractivity contribution in [2.75, 3.05) is 0 Å². The Labute approximate surface area is 120 Å². The fourth-order valence-corrected chi connectivity index (χ4v) is 2.24. The largest absolute Gasteiger partial charge is 0.507 e. The highest BCUT2D eigenvalue weighted by atomic mass is 19.2. The van der Waals surface area contributed by atoms with Gasteiger partial charge in [-0.15, -0.1) is 0 Å². The number of hydrogen-bond donors (Lipinski definition) is 2. The van der Waals surface area contributed by atoms with Crippen molar-refractivity contribution < 1.29 is 23.8 Å². The molecule has 21 heavy (non-hydrogen) atoms. The Morgan fingerprint density at radius 2 is 1.95 bits per heavy atom. The van der Waals surface area contributed by atoms with Gasteiger partial charge >= 0.3 is 5.97 Å². The number of aromatic hydroxyl groups is 1. The van der Waals surface area contributed by atoms with Gasteiger partial charge in [0.1, 0.15) is 5.75 Å². The number of phenols is 1. The molecule has 2 aromatic rings. The van der Waals surface area contributed by atoms with E-state index >= 15 is 0 Å². The van der Waals surface area contributed by atoms with E-state index in [9.17, 15) is 18.7 Å². The Morgan fingerprint density at radius 3 is 2.57 bits per heavy atom. The normalized spacial score (nSPS) is 10.6. The van der Waals surface area contributed by atoms with Crippen LogP contribution in [-0.4, -0.2) is 16.2 Å². The number of benzene rings is 2. The molecule has 0 fully saturated rings. The van der Waals surface area contributed by atoms with E-state index < -0.39 is 17.6 Å². The van der Waals surface area contributed by atoms with Crippen molar-refractivity contribution in [1.29, 1.82) is 0 Å². The van der Waals surface area contributed by atoms with Crippen molar-refractivity contribution in [1.82, 2.24) is 0 Å². The van der Waals surface area contributed by atoms with Gasteiger partial charge in [0.25, 0.3) is 0 Å². The summed E-state index contributed by atoms with van der Waals surface area (Å²) < 4.78 is 27.4. The maximum absolute atomic E-state index is 13.7.